The number of carboxylic acid groups (broad SMARTS) is 1. The molecule has 1 amide bonds. The van der Waals surface area contributed by atoms with E-state index in [0.29, 0.717) is 17.9 Å². The van der Waals surface area contributed by atoms with Crippen LogP contribution in [0.25, 0.3) is 0 Å². The summed E-state index contributed by atoms with van der Waals surface area (Å²) < 4.78 is 5.06. The Morgan fingerprint density at radius 3 is 2.67 bits per heavy atom. The number of carbonyl (C=O) groups is 2. The lowest BCUT2D eigenvalue weighted by atomic mass is 10.2. The molecule has 0 saturated heterocycles. The van der Waals surface area contributed by atoms with Gasteiger partial charge >= 0.3 is 5.97 Å². The molecule has 5 heteroatoms. The van der Waals surface area contributed by atoms with E-state index in [1.165, 1.54) is 25.3 Å². The zero-order chi connectivity index (χ0) is 13.5. The zero-order valence-corrected chi connectivity index (χ0v) is 10.5. The smallest absolute Gasteiger partial charge is 0.335 e. The summed E-state index contributed by atoms with van der Waals surface area (Å²) in [5, 5.41) is 11.6. The van der Waals surface area contributed by atoms with Gasteiger partial charge in [-0.05, 0) is 24.6 Å². The third-order valence-electron chi connectivity index (χ3n) is 2.48. The molecular weight excluding hydrogens is 234 g/mol. The van der Waals surface area contributed by atoms with Crippen molar-refractivity contribution in [3.63, 3.8) is 0 Å². The summed E-state index contributed by atoms with van der Waals surface area (Å²) in [5.74, 6) is -0.782. The highest BCUT2D eigenvalue weighted by molar-refractivity contribution is 5.94. The van der Waals surface area contributed by atoms with Crippen molar-refractivity contribution in [1.82, 2.24) is 0 Å². The molecule has 0 unspecified atom stereocenters. The van der Waals surface area contributed by atoms with Gasteiger partial charge in [-0.15, -0.1) is 0 Å². The van der Waals surface area contributed by atoms with E-state index in [9.17, 15) is 9.59 Å². The molecule has 0 saturated carbocycles. The van der Waals surface area contributed by atoms with Gasteiger partial charge in [0.2, 0.25) is 5.91 Å². The summed E-state index contributed by atoms with van der Waals surface area (Å²) in [6.45, 7) is 2.01. The van der Waals surface area contributed by atoms with Crippen LogP contribution < -0.4 is 10.1 Å². The van der Waals surface area contributed by atoms with Crippen LogP contribution in [0.15, 0.2) is 18.2 Å². The number of anilines is 1. The summed E-state index contributed by atoms with van der Waals surface area (Å²) in [6, 6.07) is 4.35. The van der Waals surface area contributed by atoms with E-state index in [-0.39, 0.29) is 11.5 Å². The van der Waals surface area contributed by atoms with E-state index in [0.717, 1.165) is 12.8 Å². The number of rotatable bonds is 6. The lowest BCUT2D eigenvalue weighted by Crippen LogP contribution is -2.12. The molecule has 0 heterocycles. The molecule has 0 fully saturated rings. The van der Waals surface area contributed by atoms with Crippen molar-refractivity contribution in [3.8, 4) is 5.75 Å². The number of hydrogen-bond donors (Lipinski definition) is 2. The summed E-state index contributed by atoms with van der Waals surface area (Å²) in [6.07, 6.45) is 2.21. The van der Waals surface area contributed by atoms with Crippen molar-refractivity contribution in [1.29, 1.82) is 0 Å². The van der Waals surface area contributed by atoms with Crippen LogP contribution in [0.3, 0.4) is 0 Å². The van der Waals surface area contributed by atoms with Crippen molar-refractivity contribution in [2.24, 2.45) is 0 Å². The third kappa shape index (κ3) is 3.76. The van der Waals surface area contributed by atoms with Gasteiger partial charge in [0.05, 0.1) is 18.4 Å². The Labute approximate surface area is 106 Å². The standard InChI is InChI=1S/C13H17NO4/c1-3-4-5-12(15)14-10-7-6-9(13(16)17)8-11(10)18-2/h6-8H,3-5H2,1-2H3,(H,14,15)(H,16,17). The van der Waals surface area contributed by atoms with Crippen molar-refractivity contribution in [3.05, 3.63) is 23.8 Å². The highest BCUT2D eigenvalue weighted by atomic mass is 16.5. The van der Waals surface area contributed by atoms with Gasteiger partial charge in [-0.25, -0.2) is 4.79 Å². The quantitative estimate of drug-likeness (QED) is 0.814. The summed E-state index contributed by atoms with van der Waals surface area (Å²) in [4.78, 5) is 22.4. The minimum Gasteiger partial charge on any atom is -0.495 e. The monoisotopic (exact) mass is 251 g/mol. The first kappa shape index (κ1) is 14.0. The van der Waals surface area contributed by atoms with Gasteiger partial charge in [0.25, 0.3) is 0 Å². The number of amides is 1. The van der Waals surface area contributed by atoms with Crippen LogP contribution in [0.1, 0.15) is 36.5 Å². The van der Waals surface area contributed by atoms with Crippen LogP contribution in [0.2, 0.25) is 0 Å². The number of aromatic carboxylic acids is 1. The van der Waals surface area contributed by atoms with E-state index in [4.69, 9.17) is 9.84 Å². The maximum absolute atomic E-state index is 11.6. The van der Waals surface area contributed by atoms with Crippen molar-refractivity contribution >= 4 is 17.6 Å². The molecular formula is C13H17NO4. The molecule has 0 aliphatic carbocycles. The number of methoxy groups -OCH3 is 1. The molecule has 2 N–H and O–H groups in total. The SMILES string of the molecule is CCCCC(=O)Nc1ccc(C(=O)O)cc1OC. The molecule has 0 bridgehead atoms. The van der Waals surface area contributed by atoms with Crippen LogP contribution in [0.5, 0.6) is 5.75 Å². The first-order chi connectivity index (χ1) is 8.58. The minimum atomic E-state index is -1.03. The summed E-state index contributed by atoms with van der Waals surface area (Å²) in [7, 11) is 1.43. The van der Waals surface area contributed by atoms with Crippen LogP contribution in [-0.2, 0) is 4.79 Å². The highest BCUT2D eigenvalue weighted by Gasteiger charge is 2.10. The molecule has 0 radical (unpaired) electrons. The highest BCUT2D eigenvalue weighted by Crippen LogP contribution is 2.25. The van der Waals surface area contributed by atoms with E-state index in [1.807, 2.05) is 6.92 Å². The second-order valence-electron chi connectivity index (χ2n) is 3.87. The van der Waals surface area contributed by atoms with Gasteiger partial charge < -0.3 is 15.2 Å². The first-order valence-corrected chi connectivity index (χ1v) is 5.79. The fourth-order valence-electron chi connectivity index (χ4n) is 1.48. The Kier molecular flexibility index (Phi) is 5.17. The van der Waals surface area contributed by atoms with Gasteiger partial charge in [-0.1, -0.05) is 13.3 Å². The van der Waals surface area contributed by atoms with E-state index >= 15 is 0 Å². The fraction of sp³-hybridized carbons (Fsp3) is 0.385. The molecule has 0 spiro atoms. The van der Waals surface area contributed by atoms with Crippen molar-refractivity contribution in [2.45, 2.75) is 26.2 Å². The lowest BCUT2D eigenvalue weighted by molar-refractivity contribution is -0.116. The Bertz CT molecular complexity index is 443. The topological polar surface area (TPSA) is 75.6 Å². The summed E-state index contributed by atoms with van der Waals surface area (Å²) >= 11 is 0. The van der Waals surface area contributed by atoms with E-state index in [1.54, 1.807) is 0 Å². The van der Waals surface area contributed by atoms with Crippen molar-refractivity contribution < 1.29 is 19.4 Å². The van der Waals surface area contributed by atoms with E-state index in [2.05, 4.69) is 5.32 Å². The number of unbranched alkanes of at least 4 members (excludes halogenated alkanes) is 1. The van der Waals surface area contributed by atoms with Crippen LogP contribution in [0, 0.1) is 0 Å². The van der Waals surface area contributed by atoms with Gasteiger partial charge in [-0.3, -0.25) is 4.79 Å². The Balaban J connectivity index is 2.82. The van der Waals surface area contributed by atoms with Gasteiger partial charge in [0.15, 0.2) is 0 Å². The lowest BCUT2D eigenvalue weighted by Gasteiger charge is -2.10. The number of benzene rings is 1. The average molecular weight is 251 g/mol. The Hall–Kier alpha value is -2.04. The minimum absolute atomic E-state index is 0.0989. The van der Waals surface area contributed by atoms with Crippen LogP contribution in [-0.4, -0.2) is 24.1 Å². The van der Waals surface area contributed by atoms with Crippen molar-refractivity contribution in [2.75, 3.05) is 12.4 Å². The number of carboxylic acids is 1. The number of carbonyl (C=O) groups excluding carboxylic acids is 1. The molecule has 1 aromatic rings. The fourth-order valence-corrected chi connectivity index (χ4v) is 1.48. The Morgan fingerprint density at radius 2 is 2.11 bits per heavy atom. The molecule has 0 atom stereocenters. The maximum Gasteiger partial charge on any atom is 0.335 e. The van der Waals surface area contributed by atoms with Crippen LogP contribution >= 0.6 is 0 Å². The predicted octanol–water partition coefficient (Wildman–Crippen LogP) is 2.52. The number of ether oxygens (including phenoxy) is 1. The number of nitrogens with one attached hydrogen (secondary N) is 1. The maximum atomic E-state index is 11.6. The number of hydrogen-bond acceptors (Lipinski definition) is 3. The molecule has 1 rings (SSSR count). The summed E-state index contributed by atoms with van der Waals surface area (Å²) in [5.41, 5.74) is 0.613. The van der Waals surface area contributed by atoms with Gasteiger partial charge in [0.1, 0.15) is 5.75 Å². The molecule has 1 aromatic carbocycles. The third-order valence-corrected chi connectivity index (χ3v) is 2.48. The average Bonchev–Trinajstić information content (AvgIpc) is 2.36. The molecule has 0 aliphatic rings. The molecule has 0 aromatic heterocycles. The normalized spacial score (nSPS) is 9.89. The second-order valence-corrected chi connectivity index (χ2v) is 3.87. The largest absolute Gasteiger partial charge is 0.495 e. The zero-order valence-electron chi connectivity index (χ0n) is 10.5. The van der Waals surface area contributed by atoms with Gasteiger partial charge in [-0.2, -0.15) is 0 Å². The molecule has 18 heavy (non-hydrogen) atoms. The molecule has 5 nitrogen and oxygen atoms in total. The Morgan fingerprint density at radius 1 is 1.39 bits per heavy atom. The first-order valence-electron chi connectivity index (χ1n) is 5.79. The molecule has 98 valence electrons. The van der Waals surface area contributed by atoms with Crippen LogP contribution in [0.4, 0.5) is 5.69 Å². The second kappa shape index (κ2) is 6.64. The molecule has 0 aliphatic heterocycles. The predicted molar refractivity (Wildman–Crippen MR) is 68.1 cm³/mol. The van der Waals surface area contributed by atoms with E-state index < -0.39 is 5.97 Å². The van der Waals surface area contributed by atoms with Gasteiger partial charge in [0, 0.05) is 6.42 Å².